The van der Waals surface area contributed by atoms with Gasteiger partial charge in [0, 0.05) is 0 Å². The molecule has 3 N–H and O–H groups in total. The second kappa shape index (κ2) is 4.98. The fourth-order valence-corrected chi connectivity index (χ4v) is 1.31. The SMILES string of the molecule is Nc1ccccc1N/N=C/c1ccccc1. The average Bonchev–Trinajstić information content (AvgIpc) is 2.33. The van der Waals surface area contributed by atoms with E-state index in [-0.39, 0.29) is 0 Å². The maximum atomic E-state index is 5.76. The van der Waals surface area contributed by atoms with Crippen molar-refractivity contribution < 1.29 is 0 Å². The lowest BCUT2D eigenvalue weighted by atomic mass is 10.2. The minimum atomic E-state index is 0.688. The zero-order valence-corrected chi connectivity index (χ0v) is 8.80. The van der Waals surface area contributed by atoms with Gasteiger partial charge in [0.25, 0.3) is 0 Å². The molecule has 3 heteroatoms. The van der Waals surface area contributed by atoms with Crippen LogP contribution in [0.3, 0.4) is 0 Å². The topological polar surface area (TPSA) is 50.4 Å². The standard InChI is InChI=1S/C13H13N3/c14-12-8-4-5-9-13(12)16-15-10-11-6-2-1-3-7-11/h1-10,16H,14H2/b15-10+. The molecule has 0 atom stereocenters. The van der Waals surface area contributed by atoms with Gasteiger partial charge in [-0.05, 0) is 17.7 Å². The summed E-state index contributed by atoms with van der Waals surface area (Å²) in [7, 11) is 0. The Hall–Kier alpha value is -2.29. The summed E-state index contributed by atoms with van der Waals surface area (Å²) >= 11 is 0. The Kier molecular flexibility index (Phi) is 3.18. The monoisotopic (exact) mass is 211 g/mol. The summed E-state index contributed by atoms with van der Waals surface area (Å²) in [5, 5.41) is 4.12. The fourth-order valence-electron chi connectivity index (χ4n) is 1.31. The average molecular weight is 211 g/mol. The van der Waals surface area contributed by atoms with Crippen LogP contribution in [-0.4, -0.2) is 6.21 Å². The summed E-state index contributed by atoms with van der Waals surface area (Å²) in [6.45, 7) is 0. The number of rotatable bonds is 3. The Bertz CT molecular complexity index is 478. The molecule has 0 amide bonds. The van der Waals surface area contributed by atoms with Crippen molar-refractivity contribution in [2.75, 3.05) is 11.2 Å². The van der Waals surface area contributed by atoms with Gasteiger partial charge in [-0.3, -0.25) is 5.43 Å². The van der Waals surface area contributed by atoms with Gasteiger partial charge in [-0.15, -0.1) is 0 Å². The highest BCUT2D eigenvalue weighted by atomic mass is 15.3. The molecule has 3 nitrogen and oxygen atoms in total. The van der Waals surface area contributed by atoms with Gasteiger partial charge in [-0.2, -0.15) is 5.10 Å². The highest BCUT2D eigenvalue weighted by molar-refractivity contribution is 5.80. The van der Waals surface area contributed by atoms with Gasteiger partial charge < -0.3 is 5.73 Å². The number of nitrogens with two attached hydrogens (primary N) is 1. The molecule has 80 valence electrons. The minimum Gasteiger partial charge on any atom is -0.397 e. The van der Waals surface area contributed by atoms with E-state index in [1.807, 2.05) is 54.6 Å². The van der Waals surface area contributed by atoms with Crippen LogP contribution in [0.5, 0.6) is 0 Å². The van der Waals surface area contributed by atoms with Crippen LogP contribution >= 0.6 is 0 Å². The summed E-state index contributed by atoms with van der Waals surface area (Å²) in [6.07, 6.45) is 1.76. The molecule has 0 saturated heterocycles. The second-order valence-electron chi connectivity index (χ2n) is 3.37. The first-order chi connectivity index (χ1) is 7.86. The molecule has 0 radical (unpaired) electrons. The van der Waals surface area contributed by atoms with Crippen LogP contribution in [-0.2, 0) is 0 Å². The molecule has 16 heavy (non-hydrogen) atoms. The normalized spacial score (nSPS) is 10.5. The molecule has 0 unspecified atom stereocenters. The van der Waals surface area contributed by atoms with Crippen molar-refractivity contribution in [3.63, 3.8) is 0 Å². The van der Waals surface area contributed by atoms with E-state index in [1.165, 1.54) is 0 Å². The van der Waals surface area contributed by atoms with Gasteiger partial charge in [0.05, 0.1) is 17.6 Å². The third-order valence-corrected chi connectivity index (χ3v) is 2.16. The van der Waals surface area contributed by atoms with E-state index in [0.717, 1.165) is 11.3 Å². The van der Waals surface area contributed by atoms with Crippen LogP contribution in [0, 0.1) is 0 Å². The smallest absolute Gasteiger partial charge is 0.0791 e. The maximum absolute atomic E-state index is 5.76. The van der Waals surface area contributed by atoms with E-state index in [9.17, 15) is 0 Å². The van der Waals surface area contributed by atoms with E-state index in [1.54, 1.807) is 6.21 Å². The third-order valence-electron chi connectivity index (χ3n) is 2.16. The van der Waals surface area contributed by atoms with Crippen LogP contribution < -0.4 is 11.2 Å². The first-order valence-corrected chi connectivity index (χ1v) is 5.05. The van der Waals surface area contributed by atoms with Crippen LogP contribution in [0.25, 0.3) is 0 Å². The van der Waals surface area contributed by atoms with Crippen LogP contribution in [0.4, 0.5) is 11.4 Å². The zero-order chi connectivity index (χ0) is 11.2. The van der Waals surface area contributed by atoms with Gasteiger partial charge in [-0.1, -0.05) is 42.5 Å². The molecule has 0 aliphatic heterocycles. The van der Waals surface area contributed by atoms with Crippen molar-refractivity contribution in [2.24, 2.45) is 5.10 Å². The summed E-state index contributed by atoms with van der Waals surface area (Å²) in [5.41, 5.74) is 11.2. The fraction of sp³-hybridized carbons (Fsp3) is 0. The van der Waals surface area contributed by atoms with Crippen molar-refractivity contribution >= 4 is 17.6 Å². The maximum Gasteiger partial charge on any atom is 0.0791 e. The number of para-hydroxylation sites is 2. The Labute approximate surface area is 94.6 Å². The number of hydrazone groups is 1. The number of anilines is 2. The molecule has 0 fully saturated rings. The molecular weight excluding hydrogens is 198 g/mol. The van der Waals surface area contributed by atoms with E-state index in [4.69, 9.17) is 5.73 Å². The Morgan fingerprint density at radius 1 is 0.938 bits per heavy atom. The van der Waals surface area contributed by atoms with Crippen LogP contribution in [0.1, 0.15) is 5.56 Å². The van der Waals surface area contributed by atoms with Gasteiger partial charge in [0.2, 0.25) is 0 Å². The molecule has 0 heterocycles. The Morgan fingerprint density at radius 3 is 2.38 bits per heavy atom. The number of hydrogen-bond donors (Lipinski definition) is 2. The predicted octanol–water partition coefficient (Wildman–Crippen LogP) is 2.71. The van der Waals surface area contributed by atoms with E-state index >= 15 is 0 Å². The lowest BCUT2D eigenvalue weighted by molar-refractivity contribution is 1.35. The molecule has 2 aromatic carbocycles. The summed E-state index contributed by atoms with van der Waals surface area (Å²) in [6, 6.07) is 17.4. The lowest BCUT2D eigenvalue weighted by Gasteiger charge is -2.02. The van der Waals surface area contributed by atoms with Crippen molar-refractivity contribution in [3.8, 4) is 0 Å². The summed E-state index contributed by atoms with van der Waals surface area (Å²) in [5.74, 6) is 0. The second-order valence-corrected chi connectivity index (χ2v) is 3.37. The largest absolute Gasteiger partial charge is 0.397 e. The molecule has 2 aromatic rings. The van der Waals surface area contributed by atoms with Gasteiger partial charge in [-0.25, -0.2) is 0 Å². The lowest BCUT2D eigenvalue weighted by Crippen LogP contribution is -1.95. The molecule has 0 bridgehead atoms. The van der Waals surface area contributed by atoms with E-state index in [2.05, 4.69) is 10.5 Å². The third kappa shape index (κ3) is 2.60. The summed E-state index contributed by atoms with van der Waals surface area (Å²) in [4.78, 5) is 0. The molecule has 0 aliphatic carbocycles. The number of nitrogens with one attached hydrogen (secondary N) is 1. The molecular formula is C13H13N3. The zero-order valence-electron chi connectivity index (χ0n) is 8.80. The number of hydrogen-bond acceptors (Lipinski definition) is 3. The Balaban J connectivity index is 2.03. The minimum absolute atomic E-state index is 0.688. The highest BCUT2D eigenvalue weighted by Crippen LogP contribution is 2.16. The molecule has 0 saturated carbocycles. The summed E-state index contributed by atoms with van der Waals surface area (Å²) < 4.78 is 0. The molecule has 0 aromatic heterocycles. The predicted molar refractivity (Wildman–Crippen MR) is 68.5 cm³/mol. The van der Waals surface area contributed by atoms with Gasteiger partial charge in [0.1, 0.15) is 0 Å². The van der Waals surface area contributed by atoms with Gasteiger partial charge in [0.15, 0.2) is 0 Å². The number of nitrogen functional groups attached to an aromatic ring is 1. The molecule has 0 aliphatic rings. The van der Waals surface area contributed by atoms with Crippen molar-refractivity contribution in [1.29, 1.82) is 0 Å². The molecule has 2 rings (SSSR count). The van der Waals surface area contributed by atoms with Crippen molar-refractivity contribution in [3.05, 3.63) is 60.2 Å². The van der Waals surface area contributed by atoms with Crippen molar-refractivity contribution in [1.82, 2.24) is 0 Å². The van der Waals surface area contributed by atoms with Crippen LogP contribution in [0.15, 0.2) is 59.7 Å². The Morgan fingerprint density at radius 2 is 1.62 bits per heavy atom. The van der Waals surface area contributed by atoms with Crippen LogP contribution in [0.2, 0.25) is 0 Å². The number of benzene rings is 2. The first-order valence-electron chi connectivity index (χ1n) is 5.05. The number of nitrogens with zero attached hydrogens (tertiary/aromatic N) is 1. The van der Waals surface area contributed by atoms with Gasteiger partial charge >= 0.3 is 0 Å². The van der Waals surface area contributed by atoms with Crippen molar-refractivity contribution in [2.45, 2.75) is 0 Å². The quantitative estimate of drug-likeness (QED) is 0.466. The first kappa shape index (κ1) is 10.2. The highest BCUT2D eigenvalue weighted by Gasteiger charge is 1.93. The van der Waals surface area contributed by atoms with E-state index in [0.29, 0.717) is 5.69 Å². The van der Waals surface area contributed by atoms with E-state index < -0.39 is 0 Å². The molecule has 0 spiro atoms.